The Morgan fingerprint density at radius 2 is 1.27 bits per heavy atom. The molecular weight excluding hydrogens is 855 g/mol. The number of unbranched alkanes of at least 4 members (excludes halogenated alkanes) is 1. The quantitative estimate of drug-likeness (QED) is 0.0447. The summed E-state index contributed by atoms with van der Waals surface area (Å²) in [5.74, 6) is -0.0271. The first-order chi connectivity index (χ1) is 27.8. The van der Waals surface area contributed by atoms with Crippen LogP contribution in [0.3, 0.4) is 0 Å². The molecule has 2 aliphatic rings. The van der Waals surface area contributed by atoms with E-state index in [1.807, 2.05) is 6.92 Å². The minimum Gasteiger partial charge on any atom is -0.456 e. The van der Waals surface area contributed by atoms with E-state index in [9.17, 15) is 47.3 Å². The fraction of sp³-hybridized carbons (Fsp3) is 0.244. The minimum atomic E-state index is -5.09. The number of hydrogen-bond acceptors (Lipinski definition) is 11. The molecule has 0 radical (unpaired) electrons. The van der Waals surface area contributed by atoms with E-state index >= 15 is 0 Å². The molecule has 0 amide bonds. The van der Waals surface area contributed by atoms with Crippen LogP contribution in [-0.2, 0) is 40.4 Å². The lowest BCUT2D eigenvalue weighted by Gasteiger charge is -2.20. The molecule has 0 saturated heterocycles. The summed E-state index contributed by atoms with van der Waals surface area (Å²) in [4.78, 5) is 3.00. The summed E-state index contributed by atoms with van der Waals surface area (Å²) < 4.78 is 143. The van der Waals surface area contributed by atoms with Gasteiger partial charge in [-0.2, -0.15) is 25.3 Å². The molecule has 0 bridgehead atoms. The molecule has 0 aromatic heterocycles. The number of benzene rings is 5. The molecule has 0 fully saturated rings. The van der Waals surface area contributed by atoms with Crippen LogP contribution in [0.2, 0.25) is 0 Å². The van der Waals surface area contributed by atoms with Crippen molar-refractivity contribution in [2.75, 3.05) is 11.9 Å². The second-order valence-electron chi connectivity index (χ2n) is 14.6. The van der Waals surface area contributed by atoms with Gasteiger partial charge in [0.1, 0.15) is 26.0 Å². The lowest BCUT2D eigenvalue weighted by atomic mass is 9.93. The van der Waals surface area contributed by atoms with Crippen LogP contribution in [0.5, 0.6) is 0 Å². The van der Waals surface area contributed by atoms with E-state index < -0.39 is 50.2 Å². The van der Waals surface area contributed by atoms with Crippen LogP contribution >= 0.6 is 0 Å². The number of fused-ring (bicyclic) bond motifs is 2. The van der Waals surface area contributed by atoms with Gasteiger partial charge < -0.3 is 9.73 Å². The summed E-state index contributed by atoms with van der Waals surface area (Å²) in [6.07, 6.45) is 1.29. The second-order valence-corrected chi connectivity index (χ2v) is 20.4. The maximum absolute atomic E-state index is 13.9. The third-order valence-electron chi connectivity index (χ3n) is 10.1. The van der Waals surface area contributed by atoms with Gasteiger partial charge in [-0.05, 0) is 106 Å². The Labute approximate surface area is 348 Å². The summed E-state index contributed by atoms with van der Waals surface area (Å²) in [5, 5.41) is 3.16. The molecule has 15 nitrogen and oxygen atoms in total. The monoisotopic (exact) mass is 897 g/mol. The topological polar surface area (TPSA) is 247 Å². The number of nitrogens with one attached hydrogen (secondary N) is 2. The molecule has 4 aromatic rings. The van der Waals surface area contributed by atoms with Crippen LogP contribution in [0.25, 0.3) is 33.4 Å². The largest absolute Gasteiger partial charge is 0.456 e. The van der Waals surface area contributed by atoms with Gasteiger partial charge in [0.2, 0.25) is 10.0 Å². The van der Waals surface area contributed by atoms with Gasteiger partial charge in [0, 0.05) is 52.1 Å². The van der Waals surface area contributed by atoms with Crippen molar-refractivity contribution >= 4 is 68.4 Å². The third-order valence-corrected chi connectivity index (χ3v) is 14.8. The van der Waals surface area contributed by atoms with Crippen molar-refractivity contribution in [3.63, 3.8) is 0 Å². The van der Waals surface area contributed by atoms with Gasteiger partial charge in [-0.25, -0.2) is 18.1 Å². The standard InChI is InChI=1S/C41H43N3O12S4/c1-8-9-16-42-57(45,46)35-13-11-10-12-30(35)37-29-15-14-28(43-38-22(2)17-24(4)40(26(38)6)59(50,51)52)19-33(29)56-34-21-32(36(20-31(34)37)58(47,48)49)44-39-23(3)18-25(5)41(27(39)7)60(53,54)55/h10-15,17-21,42-43H,8-9,16H2,1-7H3,(H,47,48,49)(H,50,51,52)(H,53,54,55). The van der Waals surface area contributed by atoms with Gasteiger partial charge in [0.15, 0.2) is 0 Å². The molecule has 1 aliphatic heterocycles. The number of nitrogens with zero attached hydrogens (tertiary/aromatic N) is 1. The average molecular weight is 898 g/mol. The molecule has 19 heteroatoms. The highest BCUT2D eigenvalue weighted by atomic mass is 32.2. The Balaban J connectivity index is 1.73. The average Bonchev–Trinajstić information content (AvgIpc) is 3.12. The Hall–Kier alpha value is -4.99. The normalized spacial score (nSPS) is 13.1. The van der Waals surface area contributed by atoms with Crippen LogP contribution in [0.1, 0.15) is 53.1 Å². The molecular formula is C41H43N3O12S4. The first-order valence-corrected chi connectivity index (χ1v) is 24.2. The summed E-state index contributed by atoms with van der Waals surface area (Å²) in [6, 6.07) is 16.3. The van der Waals surface area contributed by atoms with Crippen LogP contribution in [0.15, 0.2) is 95.7 Å². The maximum Gasteiger partial charge on any atom is 0.296 e. The van der Waals surface area contributed by atoms with Crippen molar-refractivity contribution in [3.05, 3.63) is 105 Å². The summed E-state index contributed by atoms with van der Waals surface area (Å²) >= 11 is 0. The van der Waals surface area contributed by atoms with E-state index in [0.717, 1.165) is 12.5 Å². The molecule has 60 heavy (non-hydrogen) atoms. The van der Waals surface area contributed by atoms with Crippen LogP contribution in [0.4, 0.5) is 17.1 Å². The van der Waals surface area contributed by atoms with Crippen LogP contribution in [-0.4, -0.2) is 53.9 Å². The number of anilines is 2. The van der Waals surface area contributed by atoms with Crippen molar-refractivity contribution in [2.45, 2.75) is 80.9 Å². The number of rotatable bonds is 12. The molecule has 6 rings (SSSR count). The molecule has 0 spiro atoms. The van der Waals surface area contributed by atoms with Crippen molar-refractivity contribution in [1.29, 1.82) is 0 Å². The predicted molar refractivity (Wildman–Crippen MR) is 228 cm³/mol. The molecule has 1 aliphatic carbocycles. The second kappa shape index (κ2) is 16.1. The van der Waals surface area contributed by atoms with E-state index in [2.05, 4.69) is 15.0 Å². The molecule has 5 N–H and O–H groups in total. The predicted octanol–water partition coefficient (Wildman–Crippen LogP) is 7.85. The Morgan fingerprint density at radius 3 is 1.88 bits per heavy atom. The van der Waals surface area contributed by atoms with E-state index in [0.29, 0.717) is 39.9 Å². The molecule has 0 saturated carbocycles. The van der Waals surface area contributed by atoms with Gasteiger partial charge >= 0.3 is 0 Å². The zero-order valence-corrected chi connectivity index (χ0v) is 36.8. The van der Waals surface area contributed by atoms with Crippen molar-refractivity contribution in [3.8, 4) is 22.5 Å². The van der Waals surface area contributed by atoms with Crippen LogP contribution in [0, 0.1) is 41.5 Å². The lowest BCUT2D eigenvalue weighted by molar-refractivity contribution is 0.479. The molecule has 0 unspecified atom stereocenters. The molecule has 1 heterocycles. The van der Waals surface area contributed by atoms with Gasteiger partial charge in [-0.1, -0.05) is 43.7 Å². The molecule has 0 atom stereocenters. The van der Waals surface area contributed by atoms with Crippen molar-refractivity contribution < 1.29 is 51.7 Å². The SMILES string of the molecule is CCCCNS(=O)(=O)c1ccccc1-c1c2cc(S(=O)(=O)O)c(=Nc3c(C)cc(C)c(S(=O)(=O)O)c3C)cc-2oc2cc(Nc3c(C)cc(C)c(S(=O)(=O)O)c3C)ccc12. The van der Waals surface area contributed by atoms with Crippen molar-refractivity contribution in [2.24, 2.45) is 4.99 Å². The minimum absolute atomic E-state index is 0.00679. The van der Waals surface area contributed by atoms with E-state index in [1.54, 1.807) is 70.2 Å². The summed E-state index contributed by atoms with van der Waals surface area (Å²) in [7, 11) is -18.6. The summed E-state index contributed by atoms with van der Waals surface area (Å²) in [6.45, 7) is 11.4. The van der Waals surface area contributed by atoms with Crippen molar-refractivity contribution in [1.82, 2.24) is 4.72 Å². The zero-order chi connectivity index (χ0) is 44.3. The van der Waals surface area contributed by atoms with Crippen LogP contribution < -0.4 is 15.4 Å². The maximum atomic E-state index is 13.9. The zero-order valence-electron chi connectivity index (χ0n) is 33.6. The number of aryl methyl sites for hydroxylation is 4. The smallest absolute Gasteiger partial charge is 0.296 e. The summed E-state index contributed by atoms with van der Waals surface area (Å²) in [5.41, 5.74) is 3.24. The molecule has 318 valence electrons. The van der Waals surface area contributed by atoms with E-state index in [4.69, 9.17) is 4.42 Å². The van der Waals surface area contributed by atoms with Gasteiger partial charge in [-0.3, -0.25) is 13.7 Å². The first-order valence-electron chi connectivity index (χ1n) is 18.4. The fourth-order valence-corrected chi connectivity index (χ4v) is 11.5. The lowest BCUT2D eigenvalue weighted by Crippen LogP contribution is -2.25. The Bertz CT molecular complexity index is 3250. The highest BCUT2D eigenvalue weighted by Crippen LogP contribution is 2.44. The number of sulfonamides is 1. The van der Waals surface area contributed by atoms with Gasteiger partial charge in [0.25, 0.3) is 30.4 Å². The highest BCUT2D eigenvalue weighted by Gasteiger charge is 2.28. The first kappa shape index (κ1) is 44.6. The highest BCUT2D eigenvalue weighted by molar-refractivity contribution is 7.89. The third kappa shape index (κ3) is 8.62. The number of hydrogen-bond donors (Lipinski definition) is 5. The van der Waals surface area contributed by atoms with Gasteiger partial charge in [-0.15, -0.1) is 0 Å². The fourth-order valence-electron chi connectivity index (χ4n) is 7.68. The van der Waals surface area contributed by atoms with Gasteiger partial charge in [0.05, 0.1) is 15.9 Å². The molecule has 4 aromatic carbocycles. The Kier molecular flexibility index (Phi) is 12.0. The Morgan fingerprint density at radius 1 is 0.650 bits per heavy atom. The van der Waals surface area contributed by atoms with E-state index in [-0.39, 0.29) is 72.1 Å². The van der Waals surface area contributed by atoms with E-state index in [1.165, 1.54) is 32.0 Å².